The van der Waals surface area contributed by atoms with Gasteiger partial charge < -0.3 is 9.64 Å². The van der Waals surface area contributed by atoms with Crippen molar-refractivity contribution in [3.8, 4) is 0 Å². The Morgan fingerprint density at radius 2 is 2.00 bits per heavy atom. The van der Waals surface area contributed by atoms with Crippen molar-refractivity contribution in [1.82, 2.24) is 9.62 Å². The maximum absolute atomic E-state index is 12.2. The number of nitrogens with one attached hydrogen (secondary N) is 1. The number of sulfonamides is 1. The highest BCUT2D eigenvalue weighted by molar-refractivity contribution is 9.10. The summed E-state index contributed by atoms with van der Waals surface area (Å²) >= 11 is 3.19. The Bertz CT molecular complexity index is 729. The van der Waals surface area contributed by atoms with Gasteiger partial charge in [0.05, 0.1) is 10.5 Å². The average Bonchev–Trinajstić information content (AvgIpc) is 3.27. The minimum absolute atomic E-state index is 0.0153. The summed E-state index contributed by atoms with van der Waals surface area (Å²) in [5.41, 5.74) is 0.0511. The lowest BCUT2D eigenvalue weighted by molar-refractivity contribution is -0.131. The molecule has 0 bridgehead atoms. The predicted octanol–water partition coefficient (Wildman–Crippen LogP) is 1.13. The van der Waals surface area contributed by atoms with Crippen LogP contribution in [0.3, 0.4) is 0 Å². The molecule has 1 aromatic rings. The van der Waals surface area contributed by atoms with Gasteiger partial charge in [-0.05, 0) is 47.0 Å². The van der Waals surface area contributed by atoms with Gasteiger partial charge in [0, 0.05) is 24.6 Å². The highest BCUT2D eigenvalue weighted by Gasteiger charge is 2.28. The number of nitrogens with zero attached hydrogens (tertiary/aromatic N) is 1. The zero-order valence-electron chi connectivity index (χ0n) is 12.7. The molecule has 7 nitrogen and oxygen atoms in total. The average molecular weight is 405 g/mol. The third-order valence-corrected chi connectivity index (χ3v) is 5.40. The van der Waals surface area contributed by atoms with Gasteiger partial charge in [-0.2, -0.15) is 0 Å². The number of hydrogen-bond acceptors (Lipinski definition) is 5. The van der Waals surface area contributed by atoms with Crippen molar-refractivity contribution in [3.05, 3.63) is 28.2 Å². The number of esters is 1. The van der Waals surface area contributed by atoms with Crippen molar-refractivity contribution in [2.75, 3.05) is 20.7 Å². The van der Waals surface area contributed by atoms with Crippen LogP contribution < -0.4 is 4.72 Å². The fourth-order valence-electron chi connectivity index (χ4n) is 1.65. The Hall–Kier alpha value is -1.45. The van der Waals surface area contributed by atoms with Crippen LogP contribution in [0, 0.1) is 0 Å². The molecular formula is C14H17BrN2O5S. The summed E-state index contributed by atoms with van der Waals surface area (Å²) in [6.07, 6.45) is 1.63. The molecule has 0 aliphatic heterocycles. The van der Waals surface area contributed by atoms with E-state index in [4.69, 9.17) is 4.74 Å². The monoisotopic (exact) mass is 404 g/mol. The Labute approximate surface area is 143 Å². The summed E-state index contributed by atoms with van der Waals surface area (Å²) in [5.74, 6) is -1.14. The molecule has 23 heavy (non-hydrogen) atoms. The molecule has 9 heteroatoms. The minimum atomic E-state index is -3.67. The molecule has 1 N–H and O–H groups in total. The second kappa shape index (κ2) is 6.98. The Kier molecular flexibility index (Phi) is 5.43. The number of ether oxygens (including phenoxy) is 1. The second-order valence-electron chi connectivity index (χ2n) is 5.40. The van der Waals surface area contributed by atoms with E-state index in [-0.39, 0.29) is 22.4 Å². The van der Waals surface area contributed by atoms with E-state index in [2.05, 4.69) is 20.7 Å². The largest absolute Gasteiger partial charge is 0.452 e. The number of amides is 1. The van der Waals surface area contributed by atoms with Crippen molar-refractivity contribution in [1.29, 1.82) is 0 Å². The molecule has 0 radical (unpaired) electrons. The Morgan fingerprint density at radius 3 is 2.57 bits per heavy atom. The van der Waals surface area contributed by atoms with Crippen molar-refractivity contribution in [2.24, 2.45) is 0 Å². The van der Waals surface area contributed by atoms with E-state index in [1.807, 2.05) is 0 Å². The molecule has 1 aliphatic rings. The van der Waals surface area contributed by atoms with Crippen molar-refractivity contribution in [2.45, 2.75) is 23.8 Å². The normalized spacial score (nSPS) is 14.4. The zero-order chi connectivity index (χ0) is 17.2. The van der Waals surface area contributed by atoms with Crippen LogP contribution in [0.1, 0.15) is 23.2 Å². The van der Waals surface area contributed by atoms with Gasteiger partial charge in [0.1, 0.15) is 0 Å². The molecule has 126 valence electrons. The number of rotatable bonds is 6. The molecule has 2 rings (SSSR count). The molecular weight excluding hydrogens is 388 g/mol. The molecule has 1 aromatic carbocycles. The van der Waals surface area contributed by atoms with Gasteiger partial charge in [-0.3, -0.25) is 4.79 Å². The predicted molar refractivity (Wildman–Crippen MR) is 86.5 cm³/mol. The molecule has 1 aliphatic carbocycles. The van der Waals surface area contributed by atoms with Crippen LogP contribution in [0.25, 0.3) is 0 Å². The second-order valence-corrected chi connectivity index (χ2v) is 7.97. The van der Waals surface area contributed by atoms with Crippen molar-refractivity contribution < 1.29 is 22.7 Å². The quantitative estimate of drug-likeness (QED) is 0.717. The van der Waals surface area contributed by atoms with Crippen LogP contribution in [0.2, 0.25) is 0 Å². The first-order valence-electron chi connectivity index (χ1n) is 6.90. The van der Waals surface area contributed by atoms with Crippen LogP contribution >= 0.6 is 15.9 Å². The van der Waals surface area contributed by atoms with Crippen molar-refractivity contribution >= 4 is 37.8 Å². The highest BCUT2D eigenvalue weighted by Crippen LogP contribution is 2.25. The third-order valence-electron chi connectivity index (χ3n) is 3.19. The summed E-state index contributed by atoms with van der Waals surface area (Å²) in [5, 5.41) is 0. The van der Waals surface area contributed by atoms with Crippen LogP contribution in [0.4, 0.5) is 0 Å². The smallest absolute Gasteiger partial charge is 0.339 e. The molecule has 0 atom stereocenters. The lowest BCUT2D eigenvalue weighted by atomic mass is 10.2. The fourth-order valence-corrected chi connectivity index (χ4v) is 3.39. The molecule has 0 heterocycles. The van der Waals surface area contributed by atoms with E-state index in [0.29, 0.717) is 4.47 Å². The molecule has 1 fully saturated rings. The van der Waals surface area contributed by atoms with Gasteiger partial charge in [-0.25, -0.2) is 17.9 Å². The van der Waals surface area contributed by atoms with Gasteiger partial charge in [-0.1, -0.05) is 0 Å². The number of halogens is 1. The molecule has 0 spiro atoms. The summed E-state index contributed by atoms with van der Waals surface area (Å²) in [6.45, 7) is -0.407. The number of benzene rings is 1. The summed E-state index contributed by atoms with van der Waals surface area (Å²) in [4.78, 5) is 24.8. The third kappa shape index (κ3) is 4.76. The van der Waals surface area contributed by atoms with Gasteiger partial charge in [0.2, 0.25) is 10.0 Å². The molecule has 1 amide bonds. The number of carbonyl (C=O) groups is 2. The number of likely N-dealkylation sites (N-methyl/N-ethyl adjacent to an activating group) is 1. The molecule has 1 saturated carbocycles. The minimum Gasteiger partial charge on any atom is -0.452 e. The Morgan fingerprint density at radius 1 is 1.35 bits per heavy atom. The first-order valence-corrected chi connectivity index (χ1v) is 9.17. The maximum Gasteiger partial charge on any atom is 0.339 e. The topological polar surface area (TPSA) is 92.8 Å². The van der Waals surface area contributed by atoms with Gasteiger partial charge in [0.25, 0.3) is 5.91 Å². The van der Waals surface area contributed by atoms with E-state index < -0.39 is 22.6 Å². The standard InChI is InChI=1S/C14H17BrN2O5S/c1-17(2)13(18)8-22-14(19)11-7-10(5-6-12(11)15)23(20,21)16-9-3-4-9/h5-7,9,16H,3-4,8H2,1-2H3. The van der Waals surface area contributed by atoms with Gasteiger partial charge >= 0.3 is 5.97 Å². The van der Waals surface area contributed by atoms with Crippen LogP contribution in [-0.4, -0.2) is 51.9 Å². The lowest BCUT2D eigenvalue weighted by Crippen LogP contribution is -2.28. The molecule has 0 saturated heterocycles. The lowest BCUT2D eigenvalue weighted by Gasteiger charge is -2.12. The zero-order valence-corrected chi connectivity index (χ0v) is 15.1. The van der Waals surface area contributed by atoms with E-state index in [1.54, 1.807) is 14.1 Å². The first-order chi connectivity index (χ1) is 10.7. The van der Waals surface area contributed by atoms with Crippen LogP contribution in [0.5, 0.6) is 0 Å². The number of hydrogen-bond donors (Lipinski definition) is 1. The van der Waals surface area contributed by atoms with Gasteiger partial charge in [0.15, 0.2) is 6.61 Å². The van der Waals surface area contributed by atoms with E-state index in [1.165, 1.54) is 23.1 Å². The molecule has 0 aromatic heterocycles. The fraction of sp³-hybridized carbons (Fsp3) is 0.429. The van der Waals surface area contributed by atoms with E-state index >= 15 is 0 Å². The van der Waals surface area contributed by atoms with E-state index in [9.17, 15) is 18.0 Å². The summed E-state index contributed by atoms with van der Waals surface area (Å²) < 4.78 is 32.2. The van der Waals surface area contributed by atoms with Crippen molar-refractivity contribution in [3.63, 3.8) is 0 Å². The number of carbonyl (C=O) groups excluding carboxylic acids is 2. The summed E-state index contributed by atoms with van der Waals surface area (Å²) in [7, 11) is -0.579. The molecule has 0 unspecified atom stereocenters. The SMILES string of the molecule is CN(C)C(=O)COC(=O)c1cc(S(=O)(=O)NC2CC2)ccc1Br. The van der Waals surface area contributed by atoms with Crippen LogP contribution in [-0.2, 0) is 19.6 Å². The van der Waals surface area contributed by atoms with Crippen LogP contribution in [0.15, 0.2) is 27.6 Å². The van der Waals surface area contributed by atoms with Gasteiger partial charge in [-0.15, -0.1) is 0 Å². The summed E-state index contributed by atoms with van der Waals surface area (Å²) in [6, 6.07) is 4.07. The maximum atomic E-state index is 12.2. The highest BCUT2D eigenvalue weighted by atomic mass is 79.9. The Balaban J connectivity index is 2.16. The van der Waals surface area contributed by atoms with E-state index in [0.717, 1.165) is 12.8 Å². The first kappa shape index (κ1) is 17.9.